The molecular formula is C46H57N7O5. The number of pyridine rings is 1. The second-order valence-corrected chi connectivity index (χ2v) is 16.0. The van der Waals surface area contributed by atoms with Gasteiger partial charge in [0.2, 0.25) is 11.8 Å². The molecule has 0 aliphatic carbocycles. The predicted molar refractivity (Wildman–Crippen MR) is 228 cm³/mol. The fourth-order valence-electron chi connectivity index (χ4n) is 8.61. The summed E-state index contributed by atoms with van der Waals surface area (Å²) in [4.78, 5) is 61.0. The Bertz CT molecular complexity index is 2170. The van der Waals surface area contributed by atoms with E-state index in [-0.39, 0.29) is 29.8 Å². The number of imide groups is 1. The summed E-state index contributed by atoms with van der Waals surface area (Å²) in [6, 6.07) is 22.9. The zero-order chi connectivity index (χ0) is 40.8. The quantitative estimate of drug-likeness (QED) is 0.131. The van der Waals surface area contributed by atoms with Crippen LogP contribution in [0.4, 0.5) is 11.4 Å². The number of carbonyl (C=O) groups excluding carboxylic acids is 3. The van der Waals surface area contributed by atoms with Crippen LogP contribution in [-0.2, 0) is 34.0 Å². The molecule has 12 nitrogen and oxygen atoms in total. The highest BCUT2D eigenvalue weighted by atomic mass is 16.5. The van der Waals surface area contributed by atoms with Crippen molar-refractivity contribution in [1.82, 2.24) is 25.4 Å². The van der Waals surface area contributed by atoms with Gasteiger partial charge >= 0.3 is 0 Å². The van der Waals surface area contributed by atoms with Crippen LogP contribution in [0.1, 0.15) is 76.5 Å². The number of amides is 3. The van der Waals surface area contributed by atoms with Crippen molar-refractivity contribution in [2.24, 2.45) is 0 Å². The highest BCUT2D eigenvalue weighted by molar-refractivity contribution is 6.01. The number of nitrogens with one attached hydrogen (secondary N) is 4. The lowest BCUT2D eigenvalue weighted by Gasteiger charge is -2.37. The van der Waals surface area contributed by atoms with Crippen LogP contribution in [0, 0.1) is 20.8 Å². The molecule has 1 aromatic heterocycles. The Morgan fingerprint density at radius 3 is 2.26 bits per heavy atom. The largest absolute Gasteiger partial charge is 0.381 e. The van der Waals surface area contributed by atoms with Gasteiger partial charge in [-0.05, 0) is 105 Å². The smallest absolute Gasteiger partial charge is 0.253 e. The molecule has 0 radical (unpaired) electrons. The van der Waals surface area contributed by atoms with Crippen LogP contribution in [0.5, 0.6) is 0 Å². The van der Waals surface area contributed by atoms with Gasteiger partial charge in [-0.2, -0.15) is 0 Å². The van der Waals surface area contributed by atoms with Crippen LogP contribution in [0.2, 0.25) is 0 Å². The van der Waals surface area contributed by atoms with Gasteiger partial charge in [-0.3, -0.25) is 34.3 Å². The highest BCUT2D eigenvalue weighted by Crippen LogP contribution is 2.34. The standard InChI is InChI=1S/C46H57N7O5/c1-5-53(37-16-22-58-23-17-37)42-26-36(25-38(32(42)4)44(55)47-27-39-30(2)24-31(3)48-45(39)56)34-12-10-33(11-13-34)28-51-18-20-52(21-19-51)29-35-8-6-7-9-40(35)49-41-14-15-43(54)50-46(41)57/h6-13,24-26,37,41,49H,5,14-23,27-29H2,1-4H3,(H,47,55)(H,48,56)(H,50,54,57). The maximum Gasteiger partial charge on any atom is 0.253 e. The van der Waals surface area contributed by atoms with Crippen molar-refractivity contribution in [2.45, 2.75) is 85.1 Å². The van der Waals surface area contributed by atoms with E-state index in [0.29, 0.717) is 30.0 Å². The number of ether oxygens (including phenoxy) is 1. The summed E-state index contributed by atoms with van der Waals surface area (Å²) in [7, 11) is 0. The summed E-state index contributed by atoms with van der Waals surface area (Å²) in [6.45, 7) is 15.7. The van der Waals surface area contributed by atoms with Crippen LogP contribution in [0.3, 0.4) is 0 Å². The monoisotopic (exact) mass is 787 g/mol. The Hall–Kier alpha value is -5.30. The number of aryl methyl sites for hydroxylation is 2. The van der Waals surface area contributed by atoms with Crippen LogP contribution in [0.15, 0.2) is 71.5 Å². The molecule has 3 amide bonds. The van der Waals surface area contributed by atoms with E-state index >= 15 is 0 Å². The Kier molecular flexibility index (Phi) is 13.1. The molecule has 3 saturated heterocycles. The summed E-state index contributed by atoms with van der Waals surface area (Å²) < 4.78 is 5.70. The number of piperazine rings is 1. The van der Waals surface area contributed by atoms with Crippen LogP contribution >= 0.6 is 0 Å². The molecule has 58 heavy (non-hydrogen) atoms. The van der Waals surface area contributed by atoms with Gasteiger partial charge in [0.15, 0.2) is 0 Å². The van der Waals surface area contributed by atoms with E-state index in [1.165, 1.54) is 5.56 Å². The van der Waals surface area contributed by atoms with E-state index in [1.807, 2.05) is 51.1 Å². The number of benzene rings is 3. The van der Waals surface area contributed by atoms with Crippen LogP contribution in [-0.4, -0.2) is 90.5 Å². The third kappa shape index (κ3) is 9.69. The molecule has 3 aromatic carbocycles. The second kappa shape index (κ2) is 18.5. The zero-order valence-corrected chi connectivity index (χ0v) is 34.3. The molecule has 12 heteroatoms. The maximum atomic E-state index is 14.0. The number of aromatic nitrogens is 1. The molecule has 0 spiro atoms. The number of hydrogen-bond donors (Lipinski definition) is 4. The van der Waals surface area contributed by atoms with E-state index in [9.17, 15) is 19.2 Å². The molecule has 306 valence electrons. The lowest BCUT2D eigenvalue weighted by Crippen LogP contribution is -2.47. The van der Waals surface area contributed by atoms with Crippen molar-refractivity contribution < 1.29 is 19.1 Å². The normalized spacial score (nSPS) is 18.2. The predicted octanol–water partition coefficient (Wildman–Crippen LogP) is 5.44. The number of aromatic amines is 1. The topological polar surface area (TPSA) is 139 Å². The number of hydrogen-bond acceptors (Lipinski definition) is 9. The van der Waals surface area contributed by atoms with Gasteiger partial charge in [0.1, 0.15) is 6.04 Å². The molecule has 0 bridgehead atoms. The highest BCUT2D eigenvalue weighted by Gasteiger charge is 2.28. The van der Waals surface area contributed by atoms with Gasteiger partial charge in [-0.1, -0.05) is 42.5 Å². The third-order valence-electron chi connectivity index (χ3n) is 12.0. The Morgan fingerprint density at radius 2 is 1.57 bits per heavy atom. The molecule has 0 saturated carbocycles. The van der Waals surface area contributed by atoms with Gasteiger partial charge in [0.25, 0.3) is 11.5 Å². The van der Waals surface area contributed by atoms with Crippen LogP contribution < -0.4 is 26.4 Å². The molecule has 4 heterocycles. The average molecular weight is 788 g/mol. The molecule has 4 aromatic rings. The minimum Gasteiger partial charge on any atom is -0.381 e. The lowest BCUT2D eigenvalue weighted by atomic mass is 9.94. The maximum absolute atomic E-state index is 14.0. The Balaban J connectivity index is 1.03. The number of nitrogens with zero attached hydrogens (tertiary/aromatic N) is 3. The van der Waals surface area contributed by atoms with Gasteiger partial charge in [-0.15, -0.1) is 0 Å². The third-order valence-corrected chi connectivity index (χ3v) is 12.0. The summed E-state index contributed by atoms with van der Waals surface area (Å²) in [5.41, 5.74) is 9.96. The molecule has 1 atom stereocenters. The van der Waals surface area contributed by atoms with Crippen molar-refractivity contribution >= 4 is 29.1 Å². The minimum absolute atomic E-state index is 0.148. The number of carbonyl (C=O) groups is 3. The number of piperidine rings is 1. The zero-order valence-electron chi connectivity index (χ0n) is 34.3. The van der Waals surface area contributed by atoms with Crippen molar-refractivity contribution in [2.75, 3.05) is 56.2 Å². The minimum atomic E-state index is -0.410. The molecule has 3 aliphatic heterocycles. The van der Waals surface area contributed by atoms with Gasteiger partial charge in [0.05, 0.1) is 0 Å². The number of H-pyrrole nitrogens is 1. The van der Waals surface area contributed by atoms with Crippen molar-refractivity contribution in [3.8, 4) is 11.1 Å². The summed E-state index contributed by atoms with van der Waals surface area (Å²) >= 11 is 0. The SMILES string of the molecule is CCN(c1cc(-c2ccc(CN3CCN(Cc4ccccc4NC4CCC(=O)NC4=O)CC3)cc2)cc(C(=O)NCc2c(C)cc(C)[nH]c2=O)c1C)C1CCOCC1. The molecule has 4 N–H and O–H groups in total. The summed E-state index contributed by atoms with van der Waals surface area (Å²) in [5, 5.41) is 8.88. The van der Waals surface area contributed by atoms with E-state index in [4.69, 9.17) is 4.74 Å². The molecule has 1 unspecified atom stereocenters. The summed E-state index contributed by atoms with van der Waals surface area (Å²) in [6.07, 6.45) is 2.71. The van der Waals surface area contributed by atoms with E-state index in [2.05, 4.69) is 79.0 Å². The fourth-order valence-corrected chi connectivity index (χ4v) is 8.61. The second-order valence-electron chi connectivity index (χ2n) is 16.0. The molecule has 7 rings (SSSR count). The molecule has 3 fully saturated rings. The van der Waals surface area contributed by atoms with E-state index in [1.54, 1.807) is 0 Å². The lowest BCUT2D eigenvalue weighted by molar-refractivity contribution is -0.133. The first kappa shape index (κ1) is 40.9. The molecular weight excluding hydrogens is 731 g/mol. The van der Waals surface area contributed by atoms with Crippen molar-refractivity contribution in [3.63, 3.8) is 0 Å². The average Bonchev–Trinajstić information content (AvgIpc) is 3.21. The van der Waals surface area contributed by atoms with Gasteiger partial charge in [0, 0.05) is 106 Å². The Morgan fingerprint density at radius 1 is 0.862 bits per heavy atom. The number of anilines is 2. The van der Waals surface area contributed by atoms with Crippen molar-refractivity contribution in [3.05, 3.63) is 116 Å². The first-order valence-electron chi connectivity index (χ1n) is 20.7. The van der Waals surface area contributed by atoms with Gasteiger partial charge in [-0.25, -0.2) is 0 Å². The molecule has 3 aliphatic rings. The fraction of sp³-hybridized carbons (Fsp3) is 0.435. The number of para-hydroxylation sites is 1. The summed E-state index contributed by atoms with van der Waals surface area (Å²) in [5.74, 6) is -0.675. The number of rotatable bonds is 13. The Labute approximate surface area is 341 Å². The van der Waals surface area contributed by atoms with Crippen LogP contribution in [0.25, 0.3) is 11.1 Å². The van der Waals surface area contributed by atoms with E-state index < -0.39 is 6.04 Å². The first-order chi connectivity index (χ1) is 28.1. The van der Waals surface area contributed by atoms with Crippen molar-refractivity contribution in [1.29, 1.82) is 0 Å². The van der Waals surface area contributed by atoms with Gasteiger partial charge < -0.3 is 25.3 Å². The first-order valence-corrected chi connectivity index (χ1v) is 20.7. The van der Waals surface area contributed by atoms with E-state index in [0.717, 1.165) is 117 Å².